The maximum atomic E-state index is 10.00. The van der Waals surface area contributed by atoms with Gasteiger partial charge in [0.05, 0.1) is 0 Å². The standard InChI is InChI=1S/C19H23BN4O4S2/c1-11-14(5-4-6-21-11)28-15-7-12(29-10-19(2,3)27)8-22-17(15)24-18-23-16(20-30-18)13(26)9-25/h4-8,13,25-27H,9-10H2,1-3H3,(H,22,23,24). The molecule has 0 fully saturated rings. The zero-order valence-electron chi connectivity index (χ0n) is 16.9. The molecule has 0 spiro atoms. The summed E-state index contributed by atoms with van der Waals surface area (Å²) in [6, 6.07) is 5.43. The molecule has 0 saturated heterocycles. The van der Waals surface area contributed by atoms with E-state index in [0.29, 0.717) is 33.5 Å². The van der Waals surface area contributed by atoms with Crippen LogP contribution in [0.25, 0.3) is 0 Å². The second-order valence-electron chi connectivity index (χ2n) is 7.21. The SMILES string of the molecule is Cc1ncccc1Oc1cc(SCC(C)(C)O)cnc1/N=c1/[nH]c(C(O)CO)bs1. The Labute approximate surface area is 182 Å². The summed E-state index contributed by atoms with van der Waals surface area (Å²) in [5.41, 5.74) is 0.392. The Morgan fingerprint density at radius 3 is 2.87 bits per heavy atom. The third-order valence-corrected chi connectivity index (χ3v) is 6.06. The van der Waals surface area contributed by atoms with Crippen LogP contribution in [0.4, 0.5) is 5.82 Å². The van der Waals surface area contributed by atoms with Gasteiger partial charge in [0.25, 0.3) is 0 Å². The van der Waals surface area contributed by atoms with Gasteiger partial charge in [0, 0.05) is 0 Å². The third-order valence-electron chi connectivity index (χ3n) is 3.87. The molecule has 4 N–H and O–H groups in total. The number of aromatic amines is 1. The van der Waals surface area contributed by atoms with Crippen molar-refractivity contribution in [2.75, 3.05) is 12.4 Å². The van der Waals surface area contributed by atoms with Crippen LogP contribution >= 0.6 is 22.9 Å². The number of pyridine rings is 2. The van der Waals surface area contributed by atoms with Gasteiger partial charge in [0.15, 0.2) is 0 Å². The van der Waals surface area contributed by atoms with Crippen LogP contribution in [0, 0.1) is 6.92 Å². The quantitative estimate of drug-likeness (QED) is 0.392. The molecule has 30 heavy (non-hydrogen) atoms. The number of hydrogen-bond donors (Lipinski definition) is 4. The molecular formula is C19H23BN4O4S2. The van der Waals surface area contributed by atoms with Crippen molar-refractivity contribution in [1.29, 1.82) is 0 Å². The number of aromatic nitrogens is 3. The molecule has 8 nitrogen and oxygen atoms in total. The van der Waals surface area contributed by atoms with E-state index in [2.05, 4.69) is 19.9 Å². The molecule has 3 aromatic heterocycles. The molecule has 1 atom stereocenters. The first-order chi connectivity index (χ1) is 14.2. The minimum absolute atomic E-state index is 0.356. The van der Waals surface area contributed by atoms with Crippen LogP contribution in [-0.4, -0.2) is 54.4 Å². The molecule has 0 radical (unpaired) electrons. The van der Waals surface area contributed by atoms with Crippen LogP contribution in [0.2, 0.25) is 0 Å². The Bertz CT molecular complexity index is 1060. The molecule has 0 bridgehead atoms. The van der Waals surface area contributed by atoms with E-state index in [0.717, 1.165) is 10.6 Å². The van der Waals surface area contributed by atoms with Crippen molar-refractivity contribution in [3.63, 3.8) is 0 Å². The van der Waals surface area contributed by atoms with Crippen molar-refractivity contribution in [2.24, 2.45) is 4.99 Å². The van der Waals surface area contributed by atoms with Gasteiger partial charge >= 0.3 is 183 Å². The molecule has 3 aromatic rings. The summed E-state index contributed by atoms with van der Waals surface area (Å²) in [5, 5.41) is 28.9. The van der Waals surface area contributed by atoms with Crippen LogP contribution < -0.4 is 9.54 Å². The summed E-state index contributed by atoms with van der Waals surface area (Å²) < 4.78 is 6.07. The van der Waals surface area contributed by atoms with Crippen molar-refractivity contribution >= 4 is 34.9 Å². The molecule has 1 unspecified atom stereocenters. The predicted octanol–water partition coefficient (Wildman–Crippen LogP) is 2.43. The summed E-state index contributed by atoms with van der Waals surface area (Å²) >= 11 is 2.75. The van der Waals surface area contributed by atoms with E-state index in [1.165, 1.54) is 22.9 Å². The average molecular weight is 446 g/mol. The Hall–Kier alpha value is -2.05. The van der Waals surface area contributed by atoms with Gasteiger partial charge in [-0.2, -0.15) is 0 Å². The number of thioether (sulfide) groups is 1. The molecule has 0 aliphatic carbocycles. The molecule has 3 rings (SSSR count). The third kappa shape index (κ3) is 6.23. The number of H-pyrrole nitrogens is 1. The van der Waals surface area contributed by atoms with Gasteiger partial charge in [0.1, 0.15) is 0 Å². The molecule has 0 saturated carbocycles. The van der Waals surface area contributed by atoms with E-state index in [4.69, 9.17) is 9.84 Å². The molecule has 0 aliphatic heterocycles. The fraction of sp³-hybridized carbons (Fsp3) is 0.368. The number of hydrogen-bond acceptors (Lipinski definition) is 9. The van der Waals surface area contributed by atoms with E-state index < -0.39 is 11.7 Å². The number of aryl methyl sites for hydroxylation is 1. The molecule has 158 valence electrons. The van der Waals surface area contributed by atoms with E-state index in [-0.39, 0.29) is 6.61 Å². The first kappa shape index (κ1) is 22.6. The Balaban J connectivity index is 1.97. The Morgan fingerprint density at radius 1 is 1.37 bits per heavy atom. The van der Waals surface area contributed by atoms with Crippen LogP contribution in [0.1, 0.15) is 31.2 Å². The first-order valence-corrected chi connectivity index (χ1v) is 11.1. The van der Waals surface area contributed by atoms with E-state index in [1.807, 2.05) is 19.1 Å². The second kappa shape index (κ2) is 9.84. The zero-order chi connectivity index (χ0) is 21.7. The summed E-state index contributed by atoms with van der Waals surface area (Å²) in [7, 11) is 0. The number of nitrogens with one attached hydrogen (secondary N) is 1. The Morgan fingerprint density at radius 2 is 2.17 bits per heavy atom. The summed E-state index contributed by atoms with van der Waals surface area (Å²) in [6.07, 6.45) is 4.07. The Kier molecular flexibility index (Phi) is 7.43. The van der Waals surface area contributed by atoms with Gasteiger partial charge in [-0.15, -0.1) is 0 Å². The zero-order valence-corrected chi connectivity index (χ0v) is 18.5. The minimum atomic E-state index is -0.993. The van der Waals surface area contributed by atoms with Gasteiger partial charge in [-0.3, -0.25) is 0 Å². The first-order valence-electron chi connectivity index (χ1n) is 9.21. The van der Waals surface area contributed by atoms with Gasteiger partial charge in [-0.25, -0.2) is 0 Å². The normalized spacial score (nSPS) is 13.3. The monoisotopic (exact) mass is 446 g/mol. The topological polar surface area (TPSA) is 124 Å². The van der Waals surface area contributed by atoms with Gasteiger partial charge in [-0.1, -0.05) is 0 Å². The fourth-order valence-electron chi connectivity index (χ4n) is 2.33. The number of nitrogens with zero attached hydrogens (tertiary/aromatic N) is 3. The van der Waals surface area contributed by atoms with Gasteiger partial charge in [-0.05, 0) is 0 Å². The van der Waals surface area contributed by atoms with Gasteiger partial charge < -0.3 is 0 Å². The van der Waals surface area contributed by atoms with E-state index in [1.54, 1.807) is 38.5 Å². The van der Waals surface area contributed by atoms with Crippen molar-refractivity contribution in [1.82, 2.24) is 15.0 Å². The molecule has 11 heteroatoms. The van der Waals surface area contributed by atoms with Crippen LogP contribution in [0.5, 0.6) is 11.5 Å². The summed E-state index contributed by atoms with van der Waals surface area (Å²) in [4.78, 5) is 17.5. The second-order valence-corrected chi connectivity index (χ2v) is 9.12. The molecule has 3 heterocycles. The van der Waals surface area contributed by atoms with Crippen molar-refractivity contribution < 1.29 is 20.1 Å². The van der Waals surface area contributed by atoms with Crippen molar-refractivity contribution in [3.8, 4) is 11.5 Å². The van der Waals surface area contributed by atoms with Crippen LogP contribution in [-0.2, 0) is 0 Å². The van der Waals surface area contributed by atoms with Crippen molar-refractivity contribution in [3.05, 3.63) is 46.7 Å². The maximum absolute atomic E-state index is 10.00. The predicted molar refractivity (Wildman–Crippen MR) is 118 cm³/mol. The fourth-order valence-corrected chi connectivity index (χ4v) is 3.93. The summed E-state index contributed by atoms with van der Waals surface area (Å²) in [6.45, 7) is 4.96. The molecule has 0 aromatic carbocycles. The average Bonchev–Trinajstić information content (AvgIpc) is 3.17. The number of aliphatic hydroxyl groups excluding tert-OH is 2. The van der Waals surface area contributed by atoms with E-state index in [9.17, 15) is 10.2 Å². The molecular weight excluding hydrogens is 423 g/mol. The number of rotatable bonds is 8. The van der Waals surface area contributed by atoms with Gasteiger partial charge in [0.2, 0.25) is 0 Å². The molecule has 0 amide bonds. The van der Waals surface area contributed by atoms with E-state index >= 15 is 0 Å². The number of aliphatic hydroxyl groups is 3. The van der Waals surface area contributed by atoms with Crippen LogP contribution in [0.3, 0.4) is 0 Å². The van der Waals surface area contributed by atoms with Crippen LogP contribution in [0.15, 0.2) is 40.5 Å². The van der Waals surface area contributed by atoms with Crippen molar-refractivity contribution in [2.45, 2.75) is 37.4 Å². The number of ether oxygens (including phenoxy) is 1. The summed E-state index contributed by atoms with van der Waals surface area (Å²) in [5.74, 6) is 1.89. The molecule has 0 aliphatic rings.